The van der Waals surface area contributed by atoms with Gasteiger partial charge in [-0.2, -0.15) is 0 Å². The van der Waals surface area contributed by atoms with Gasteiger partial charge in [0.2, 0.25) is 0 Å². The fourth-order valence-electron chi connectivity index (χ4n) is 10.5. The number of unbranched alkanes of at least 4 members (excludes halogenated alkanes) is 6. The van der Waals surface area contributed by atoms with E-state index in [2.05, 4.69) is 196 Å². The first-order valence-electron chi connectivity index (χ1n) is 26.4. The zero-order valence-electron chi connectivity index (χ0n) is 43.9. The van der Waals surface area contributed by atoms with Crippen LogP contribution in [0.25, 0.3) is 0 Å². The van der Waals surface area contributed by atoms with Gasteiger partial charge in [-0.05, 0) is 35.1 Å². The van der Waals surface area contributed by atoms with E-state index in [1.165, 1.54) is 113 Å². The molecule has 4 aromatic rings. The molecule has 0 aliphatic rings. The summed E-state index contributed by atoms with van der Waals surface area (Å²) in [5, 5.41) is 13.0. The molecule has 0 spiro atoms. The first-order chi connectivity index (χ1) is 30.6. The van der Waals surface area contributed by atoms with Gasteiger partial charge in [0.15, 0.2) is 0 Å². The number of nitrogens with zero attached hydrogens (tertiary/aromatic N) is 1. The summed E-state index contributed by atoms with van der Waals surface area (Å²) in [6.45, 7) is 34.9. The number of rotatable bonds is 29. The third-order valence-electron chi connectivity index (χ3n) is 14.3. The summed E-state index contributed by atoms with van der Waals surface area (Å²) < 4.78 is 3.11. The molecule has 0 amide bonds. The van der Waals surface area contributed by atoms with Crippen molar-refractivity contribution in [3.63, 3.8) is 0 Å². The van der Waals surface area contributed by atoms with Gasteiger partial charge >= 0.3 is 0 Å². The van der Waals surface area contributed by atoms with E-state index in [-0.39, 0.29) is 0 Å². The molecule has 0 radical (unpaired) electrons. The molecule has 2 atom stereocenters. The second kappa shape index (κ2) is 26.4. The molecule has 0 saturated heterocycles. The van der Waals surface area contributed by atoms with Crippen molar-refractivity contribution in [2.75, 3.05) is 0 Å². The van der Waals surface area contributed by atoms with Crippen LogP contribution in [0, 0.1) is 0 Å². The molecule has 0 heterocycles. The van der Waals surface area contributed by atoms with E-state index in [1.54, 1.807) is 42.0 Å². The molecule has 7 heteroatoms. The van der Waals surface area contributed by atoms with E-state index >= 15 is 0 Å². The third kappa shape index (κ3) is 14.3. The molecule has 0 saturated carbocycles. The van der Waals surface area contributed by atoms with Crippen molar-refractivity contribution in [2.45, 2.75) is 214 Å². The van der Waals surface area contributed by atoms with Gasteiger partial charge < -0.3 is 0 Å². The molecule has 4 rings (SSSR count). The summed E-state index contributed by atoms with van der Waals surface area (Å²) in [6, 6.07) is 50.0. The molecule has 0 bridgehead atoms. The zero-order chi connectivity index (χ0) is 47.0. The Labute approximate surface area is 403 Å². The highest BCUT2D eigenvalue weighted by molar-refractivity contribution is 7.85. The molecule has 0 aliphatic heterocycles. The van der Waals surface area contributed by atoms with Gasteiger partial charge in [-0.1, -0.05) is 312 Å². The van der Waals surface area contributed by atoms with Gasteiger partial charge in [-0.15, -0.1) is 0 Å². The SMILES string of the molecule is CCCC[Si](CCCC)(CCCC)c1ccc(P(c2ccccc2[Si](C)(C)C)N(C(C)C)P(c2ccc([Si](CCCC)(CCCC)CCCC)cc2)c2ccccc2[Si](C)(C)C)cc1. The number of hydrogen-bond donors (Lipinski definition) is 0. The Morgan fingerprint density at radius 2 is 0.656 bits per heavy atom. The van der Waals surface area contributed by atoms with E-state index in [4.69, 9.17) is 0 Å². The van der Waals surface area contributed by atoms with E-state index in [0.29, 0.717) is 6.04 Å². The first-order valence-corrected chi connectivity index (χ1v) is 41.2. The Morgan fingerprint density at radius 3 is 0.891 bits per heavy atom. The van der Waals surface area contributed by atoms with E-state index < -0.39 is 48.4 Å². The minimum Gasteiger partial charge on any atom is -0.242 e. The second-order valence-corrected chi connectivity index (χ2v) is 45.6. The summed E-state index contributed by atoms with van der Waals surface area (Å²) in [5.41, 5.74) is 0. The highest BCUT2D eigenvalue weighted by Gasteiger charge is 2.40. The lowest BCUT2D eigenvalue weighted by Gasteiger charge is -2.44. The summed E-state index contributed by atoms with van der Waals surface area (Å²) in [5.74, 6) is 0. The molecule has 4 aromatic carbocycles. The summed E-state index contributed by atoms with van der Waals surface area (Å²) in [6.07, 6.45) is 16.0. The normalized spacial score (nSPS) is 13.8. The molecule has 64 heavy (non-hydrogen) atoms. The van der Waals surface area contributed by atoms with Crippen LogP contribution in [0.5, 0.6) is 0 Å². The molecular weight excluding hydrogens is 873 g/mol. The number of benzene rings is 4. The highest BCUT2D eigenvalue weighted by atomic mass is 31.2. The van der Waals surface area contributed by atoms with Crippen molar-refractivity contribution in [2.24, 2.45) is 0 Å². The molecule has 354 valence electrons. The van der Waals surface area contributed by atoms with Crippen LogP contribution in [0.1, 0.15) is 132 Å². The maximum Gasteiger partial charge on any atom is 0.0867 e. The molecule has 1 nitrogen and oxygen atoms in total. The molecule has 0 fully saturated rings. The molecule has 0 N–H and O–H groups in total. The van der Waals surface area contributed by atoms with Crippen LogP contribution >= 0.6 is 16.1 Å². The Kier molecular flexibility index (Phi) is 22.7. The van der Waals surface area contributed by atoms with Crippen LogP contribution in [0.4, 0.5) is 0 Å². The lowest BCUT2D eigenvalue weighted by Crippen LogP contribution is -2.52. The lowest BCUT2D eigenvalue weighted by molar-refractivity contribution is 0.583. The maximum absolute atomic E-state index is 3.11. The standard InChI is InChI=1S/C57H95NP2Si4/c1-15-21-43-63(44-22-16-2,45-23-17-3)52-39-35-50(36-40-52)59(54-31-27-29-33-56(54)61(9,10)11)58(49(7)8)60(55-32-28-30-34-57(55)62(12,13)14)51-37-41-53(42-38-51)64(46-24-18-4,47-25-19-5)48-26-20-6/h27-42,49H,15-26,43-48H2,1-14H3. The van der Waals surface area contributed by atoms with Crippen LogP contribution in [-0.4, -0.2) is 42.8 Å². The van der Waals surface area contributed by atoms with Crippen molar-refractivity contribution in [1.82, 2.24) is 4.44 Å². The molecule has 0 aliphatic carbocycles. The Balaban J connectivity index is 2.09. The fraction of sp³-hybridized carbons (Fsp3) is 0.579. The minimum absolute atomic E-state index is 0.347. The van der Waals surface area contributed by atoms with Crippen LogP contribution in [-0.2, 0) is 0 Å². The van der Waals surface area contributed by atoms with E-state index in [9.17, 15) is 0 Å². The van der Waals surface area contributed by atoms with Gasteiger partial charge in [0.25, 0.3) is 0 Å². The smallest absolute Gasteiger partial charge is 0.0867 e. The Bertz CT molecular complexity index is 1750. The van der Waals surface area contributed by atoms with Gasteiger partial charge in [0.1, 0.15) is 0 Å². The molecule has 0 aromatic heterocycles. The van der Waals surface area contributed by atoms with Crippen molar-refractivity contribution < 1.29 is 0 Å². The average Bonchev–Trinajstić information content (AvgIpc) is 3.28. The van der Waals surface area contributed by atoms with Crippen molar-refractivity contribution >= 4 is 90.4 Å². The topological polar surface area (TPSA) is 3.24 Å². The quantitative estimate of drug-likeness (QED) is 0.0387. The minimum atomic E-state index is -1.72. The van der Waals surface area contributed by atoms with Crippen molar-refractivity contribution in [1.29, 1.82) is 0 Å². The second-order valence-electron chi connectivity index (χ2n) is 21.8. The van der Waals surface area contributed by atoms with Crippen molar-refractivity contribution in [3.05, 3.63) is 97.1 Å². The van der Waals surface area contributed by atoms with Crippen LogP contribution in [0.3, 0.4) is 0 Å². The summed E-state index contributed by atoms with van der Waals surface area (Å²) in [7, 11) is -8.49. The first kappa shape index (κ1) is 55.2. The van der Waals surface area contributed by atoms with Gasteiger partial charge in [0.05, 0.1) is 32.3 Å². The largest absolute Gasteiger partial charge is 0.242 e. The molecular formula is C57H95NP2Si4. The van der Waals surface area contributed by atoms with Crippen molar-refractivity contribution in [3.8, 4) is 0 Å². The number of hydrogen-bond acceptors (Lipinski definition) is 1. The van der Waals surface area contributed by atoms with Crippen LogP contribution < -0.4 is 42.0 Å². The monoisotopic (exact) mass is 968 g/mol. The Hall–Kier alpha value is -1.43. The Morgan fingerprint density at radius 1 is 0.391 bits per heavy atom. The summed E-state index contributed by atoms with van der Waals surface area (Å²) >= 11 is 0. The van der Waals surface area contributed by atoms with E-state index in [1.807, 2.05) is 0 Å². The van der Waals surface area contributed by atoms with Crippen LogP contribution in [0.2, 0.25) is 75.5 Å². The van der Waals surface area contributed by atoms with Crippen LogP contribution in [0.15, 0.2) is 97.1 Å². The third-order valence-corrected chi connectivity index (χ3v) is 35.8. The molecule has 2 unspecified atom stereocenters. The maximum atomic E-state index is 3.11. The zero-order valence-corrected chi connectivity index (χ0v) is 49.7. The predicted octanol–water partition coefficient (Wildman–Crippen LogP) is 15.0. The predicted molar refractivity (Wildman–Crippen MR) is 310 cm³/mol. The lowest BCUT2D eigenvalue weighted by atomic mass is 10.3. The van der Waals surface area contributed by atoms with E-state index in [0.717, 1.165) is 0 Å². The van der Waals surface area contributed by atoms with Gasteiger partial charge in [0, 0.05) is 22.2 Å². The highest BCUT2D eigenvalue weighted by Crippen LogP contribution is 2.56. The average molecular weight is 969 g/mol. The van der Waals surface area contributed by atoms with Gasteiger partial charge in [-0.25, -0.2) is 4.44 Å². The summed E-state index contributed by atoms with van der Waals surface area (Å²) in [4.78, 5) is 0. The fourth-order valence-corrected chi connectivity index (χ4v) is 33.4. The van der Waals surface area contributed by atoms with Gasteiger partial charge in [-0.3, -0.25) is 0 Å².